The molecule has 10 rings (SSSR count). The van der Waals surface area contributed by atoms with Gasteiger partial charge in [0.15, 0.2) is 11.5 Å². The molecule has 17 nitrogen and oxygen atoms in total. The minimum Gasteiger partial charge on any atom is -0.497 e. The molecule has 0 radical (unpaired) electrons. The molecule has 7 aromatic rings. The number of nitrogens with one attached hydrogen (secondary N) is 1. The van der Waals surface area contributed by atoms with Crippen LogP contribution in [0.2, 0.25) is 0 Å². The topological polar surface area (TPSA) is 201 Å². The molecule has 7 heterocycles. The van der Waals surface area contributed by atoms with Crippen LogP contribution >= 0.6 is 0 Å². The lowest BCUT2D eigenvalue weighted by Crippen LogP contribution is -2.48. The molecule has 1 amide bonds. The fourth-order valence-corrected chi connectivity index (χ4v) is 8.35. The van der Waals surface area contributed by atoms with Crippen molar-refractivity contribution in [2.45, 2.75) is 18.9 Å². The lowest BCUT2D eigenvalue weighted by Gasteiger charge is -2.35. The molecule has 67 heavy (non-hydrogen) atoms. The summed E-state index contributed by atoms with van der Waals surface area (Å²) in [5.41, 5.74) is 12.3. The van der Waals surface area contributed by atoms with E-state index in [1.807, 2.05) is 42.5 Å². The van der Waals surface area contributed by atoms with E-state index in [9.17, 15) is 14.3 Å². The summed E-state index contributed by atoms with van der Waals surface area (Å²) in [5, 5.41) is 20.8. The summed E-state index contributed by atoms with van der Waals surface area (Å²) in [6, 6.07) is 23.6. The van der Waals surface area contributed by atoms with Crippen LogP contribution in [0.15, 0.2) is 91.3 Å². The fraction of sp³-hybridized carbons (Fsp3) is 0.367. The Morgan fingerprint density at radius 2 is 1.45 bits per heavy atom. The first-order valence-corrected chi connectivity index (χ1v) is 22.5. The van der Waals surface area contributed by atoms with Crippen LogP contribution in [0.1, 0.15) is 23.1 Å². The first kappa shape index (κ1) is 46.7. The second kappa shape index (κ2) is 22.1. The molecule has 18 heteroatoms. The first-order valence-electron chi connectivity index (χ1n) is 22.5. The summed E-state index contributed by atoms with van der Waals surface area (Å²) in [6.07, 6.45) is 3.73. The molecule has 2 saturated heterocycles. The lowest BCUT2D eigenvalue weighted by atomic mass is 10.0. The van der Waals surface area contributed by atoms with Gasteiger partial charge < -0.3 is 49.7 Å². The number of carboxylic acid groups (broad SMARTS) is 1. The van der Waals surface area contributed by atoms with Gasteiger partial charge in [-0.05, 0) is 84.3 Å². The highest BCUT2D eigenvalue weighted by Crippen LogP contribution is 2.31. The number of amides is 1. The number of ether oxygens (including phenoxy) is 4. The molecule has 2 fully saturated rings. The van der Waals surface area contributed by atoms with Gasteiger partial charge in [-0.25, -0.2) is 19.2 Å². The van der Waals surface area contributed by atoms with E-state index >= 15 is 0 Å². The Kier molecular flexibility index (Phi) is 15.4. The third kappa shape index (κ3) is 12.1. The molecular formula is C49H57FN10O7. The molecular weight excluding hydrogens is 860 g/mol. The van der Waals surface area contributed by atoms with Crippen LogP contribution in [-0.4, -0.2) is 160 Å². The zero-order chi connectivity index (χ0) is 46.7. The van der Waals surface area contributed by atoms with Crippen LogP contribution in [0.25, 0.3) is 33.0 Å². The van der Waals surface area contributed by atoms with Gasteiger partial charge in [0.05, 0.1) is 48.1 Å². The van der Waals surface area contributed by atoms with E-state index in [0.29, 0.717) is 49.9 Å². The molecule has 0 saturated carbocycles. The molecule has 0 bridgehead atoms. The first-order chi connectivity index (χ1) is 32.6. The highest BCUT2D eigenvalue weighted by molar-refractivity contribution is 5.86. The number of nitrogen functional groups attached to an aromatic ring is 1. The number of aromatic nitrogens is 5. The lowest BCUT2D eigenvalue weighted by molar-refractivity contribution is 0.0734. The SMILES string of the molecule is COc1ccc2nccc(N)c2n1.COc1ccc2nccc([C@@H](O)CN3CCN(CCc4nc5ccc(F)cc5[nH]4)CC3)c2c1.O=C(O)N1CCN(CCc2ccc3c(c2)OCCO3)CC1. The number of halogens is 1. The van der Waals surface area contributed by atoms with Crippen LogP contribution in [0.3, 0.4) is 0 Å². The van der Waals surface area contributed by atoms with Gasteiger partial charge in [-0.15, -0.1) is 0 Å². The van der Waals surface area contributed by atoms with E-state index in [0.717, 1.165) is 121 Å². The number of aliphatic hydroxyl groups excluding tert-OH is 1. The predicted octanol–water partition coefficient (Wildman–Crippen LogP) is 5.67. The summed E-state index contributed by atoms with van der Waals surface area (Å²) in [6.45, 7) is 10.1. The van der Waals surface area contributed by atoms with Crippen molar-refractivity contribution in [2.75, 3.05) is 105 Å². The van der Waals surface area contributed by atoms with E-state index in [1.54, 1.807) is 44.8 Å². The standard InChI is InChI=1S/C25H28FN5O2.C15H20N2O4.C9H9N3O/c1-33-18-3-5-21-20(15-18)19(6-8-27-21)24(32)16-31-12-10-30(11-13-31)9-7-25-28-22-4-2-17(26)14-23(22)29-25;18-15(19)17-7-5-16(6-8-17)4-3-12-1-2-13-14(11-12)21-10-9-20-13;1-13-8-3-2-7-9(12-8)6(10)4-5-11-7/h2-6,8,14-15,24,32H,7,9-13,16H2,1H3,(H,28,29);1-2,11H,3-10H2,(H,18,19);2-5H,1H3,(H2,10,11)/t24-;;/m0../s1. The largest absolute Gasteiger partial charge is 0.497 e. The molecule has 5 N–H and O–H groups in total. The van der Waals surface area contributed by atoms with Crippen molar-refractivity contribution < 1.29 is 38.3 Å². The van der Waals surface area contributed by atoms with Crippen molar-refractivity contribution in [3.05, 3.63) is 114 Å². The average molecular weight is 917 g/mol. The maximum Gasteiger partial charge on any atom is 0.407 e. The Labute approximate surface area is 387 Å². The quantitative estimate of drug-likeness (QED) is 0.124. The van der Waals surface area contributed by atoms with Gasteiger partial charge in [0, 0.05) is 102 Å². The number of β-amino-alcohol motifs (C(OH)–C–C–N with tert-alkyl or cyclic N) is 1. The van der Waals surface area contributed by atoms with Crippen LogP contribution in [0.4, 0.5) is 14.9 Å². The van der Waals surface area contributed by atoms with Crippen molar-refractivity contribution in [3.63, 3.8) is 0 Å². The number of methoxy groups -OCH3 is 2. The predicted molar refractivity (Wildman–Crippen MR) is 254 cm³/mol. The number of nitrogens with two attached hydrogens (primary N) is 1. The molecule has 0 aliphatic carbocycles. The Bertz CT molecular complexity index is 2760. The van der Waals surface area contributed by atoms with Gasteiger partial charge in [-0.1, -0.05) is 6.07 Å². The van der Waals surface area contributed by atoms with E-state index in [2.05, 4.69) is 45.7 Å². The molecule has 3 aliphatic rings. The Hall–Kier alpha value is -6.86. The van der Waals surface area contributed by atoms with Crippen molar-refractivity contribution in [2.24, 2.45) is 0 Å². The van der Waals surface area contributed by atoms with Crippen molar-refractivity contribution >= 4 is 44.8 Å². The molecule has 1 atom stereocenters. The van der Waals surface area contributed by atoms with E-state index in [-0.39, 0.29) is 5.82 Å². The number of imidazole rings is 1. The van der Waals surface area contributed by atoms with Gasteiger partial charge in [0.1, 0.15) is 36.1 Å². The second-order valence-electron chi connectivity index (χ2n) is 16.5. The number of aromatic amines is 1. The minimum atomic E-state index is -0.818. The Balaban J connectivity index is 0.000000152. The van der Waals surface area contributed by atoms with Gasteiger partial charge in [0.2, 0.25) is 5.88 Å². The molecule has 3 aromatic carbocycles. The molecule has 352 valence electrons. The molecule has 3 aliphatic heterocycles. The number of benzene rings is 3. The minimum absolute atomic E-state index is 0.255. The smallest absolute Gasteiger partial charge is 0.407 e. The summed E-state index contributed by atoms with van der Waals surface area (Å²) in [5.74, 6) is 3.58. The summed E-state index contributed by atoms with van der Waals surface area (Å²) >= 11 is 0. The van der Waals surface area contributed by atoms with Crippen molar-refractivity contribution in [3.8, 4) is 23.1 Å². The number of H-pyrrole nitrogens is 1. The molecule has 4 aromatic heterocycles. The maximum absolute atomic E-state index is 13.4. The molecule has 0 spiro atoms. The Morgan fingerprint density at radius 3 is 2.21 bits per heavy atom. The summed E-state index contributed by atoms with van der Waals surface area (Å²) in [7, 11) is 3.21. The van der Waals surface area contributed by atoms with Gasteiger partial charge >= 0.3 is 6.09 Å². The third-order valence-electron chi connectivity index (χ3n) is 12.2. The van der Waals surface area contributed by atoms with Crippen molar-refractivity contribution in [1.82, 2.24) is 44.5 Å². The van der Waals surface area contributed by atoms with E-state index < -0.39 is 12.2 Å². The van der Waals surface area contributed by atoms with Gasteiger partial charge in [0.25, 0.3) is 0 Å². The number of pyridine rings is 3. The fourth-order valence-electron chi connectivity index (χ4n) is 8.35. The number of hydrogen-bond donors (Lipinski definition) is 4. The highest BCUT2D eigenvalue weighted by atomic mass is 19.1. The number of hydrogen-bond acceptors (Lipinski definition) is 14. The maximum atomic E-state index is 13.4. The van der Waals surface area contributed by atoms with E-state index in [1.165, 1.54) is 22.6 Å². The van der Waals surface area contributed by atoms with Crippen LogP contribution in [0.5, 0.6) is 23.1 Å². The Morgan fingerprint density at radius 1 is 0.761 bits per heavy atom. The number of aliphatic hydroxyl groups is 1. The van der Waals surface area contributed by atoms with Gasteiger partial charge in [-0.2, -0.15) is 0 Å². The third-order valence-corrected chi connectivity index (χ3v) is 12.2. The van der Waals surface area contributed by atoms with Crippen LogP contribution in [0, 0.1) is 5.82 Å². The number of rotatable bonds is 11. The number of anilines is 1. The number of nitrogens with zero attached hydrogens (tertiary/aromatic N) is 8. The summed E-state index contributed by atoms with van der Waals surface area (Å²) < 4.78 is 34.8. The molecule has 0 unspecified atom stereocenters. The number of carbonyl (C=O) groups is 1. The van der Waals surface area contributed by atoms with Crippen LogP contribution in [-0.2, 0) is 12.8 Å². The van der Waals surface area contributed by atoms with Crippen LogP contribution < -0.4 is 24.7 Å². The normalized spacial score (nSPS) is 15.9. The second-order valence-corrected chi connectivity index (χ2v) is 16.5. The van der Waals surface area contributed by atoms with E-state index in [4.69, 9.17) is 29.8 Å². The van der Waals surface area contributed by atoms with Crippen molar-refractivity contribution in [1.29, 1.82) is 0 Å². The zero-order valence-corrected chi connectivity index (χ0v) is 37.8. The average Bonchev–Trinajstić information content (AvgIpc) is 3.77. The number of piperazine rings is 2. The number of fused-ring (bicyclic) bond motifs is 4. The summed E-state index contributed by atoms with van der Waals surface area (Å²) in [4.78, 5) is 39.8. The zero-order valence-electron chi connectivity index (χ0n) is 37.8. The monoisotopic (exact) mass is 916 g/mol. The van der Waals surface area contributed by atoms with Gasteiger partial charge in [-0.3, -0.25) is 19.8 Å². The highest BCUT2D eigenvalue weighted by Gasteiger charge is 2.23.